The number of hydrogen-bond acceptors (Lipinski definition) is 3. The Hall–Kier alpha value is -2.18. The third kappa shape index (κ3) is 2.87. The molecule has 7 heteroatoms. The first kappa shape index (κ1) is 14.2. The predicted molar refractivity (Wildman–Crippen MR) is 64.3 cm³/mol. The lowest BCUT2D eigenvalue weighted by Gasteiger charge is -2.23. The number of carboxylic acid groups (broad SMARTS) is 1. The normalized spacial score (nSPS) is 20.7. The van der Waals surface area contributed by atoms with Gasteiger partial charge in [0.05, 0.1) is 0 Å². The minimum atomic E-state index is -3.43. The Balaban J connectivity index is 2.00. The molecule has 1 N–H and O–H groups in total. The van der Waals surface area contributed by atoms with Gasteiger partial charge in [-0.1, -0.05) is 30.3 Å². The van der Waals surface area contributed by atoms with Crippen molar-refractivity contribution in [2.75, 3.05) is 6.54 Å². The first-order valence-electron chi connectivity index (χ1n) is 6.00. The molecule has 1 aromatic carbocycles. The van der Waals surface area contributed by atoms with Crippen molar-refractivity contribution in [2.24, 2.45) is 0 Å². The summed E-state index contributed by atoms with van der Waals surface area (Å²) >= 11 is 0. The number of likely N-dealkylation sites (tertiary alicyclic amines) is 1. The molecule has 1 fully saturated rings. The molecule has 1 amide bonds. The number of halogens is 2. The van der Waals surface area contributed by atoms with E-state index in [1.165, 1.54) is 0 Å². The maximum absolute atomic E-state index is 13.4. The lowest BCUT2D eigenvalue weighted by molar-refractivity contribution is -0.151. The number of aliphatic carboxylic acids is 1. The van der Waals surface area contributed by atoms with Crippen LogP contribution in [0, 0.1) is 0 Å². The number of rotatable bonds is 3. The van der Waals surface area contributed by atoms with Crippen LogP contribution in [-0.4, -0.2) is 40.6 Å². The number of nitrogens with zero attached hydrogens (tertiary/aromatic N) is 1. The van der Waals surface area contributed by atoms with Crippen molar-refractivity contribution in [3.05, 3.63) is 35.9 Å². The van der Waals surface area contributed by atoms with Gasteiger partial charge in [0, 0.05) is 13.0 Å². The molecule has 0 spiro atoms. The van der Waals surface area contributed by atoms with Crippen LogP contribution in [0.1, 0.15) is 12.0 Å². The second-order valence-corrected chi connectivity index (χ2v) is 4.49. The molecule has 20 heavy (non-hydrogen) atoms. The highest BCUT2D eigenvalue weighted by Gasteiger charge is 2.55. The Morgan fingerprint density at radius 2 is 2.00 bits per heavy atom. The van der Waals surface area contributed by atoms with Crippen molar-refractivity contribution < 1.29 is 28.2 Å². The molecule has 0 saturated carbocycles. The van der Waals surface area contributed by atoms with Gasteiger partial charge >= 0.3 is 12.1 Å². The highest BCUT2D eigenvalue weighted by Crippen LogP contribution is 2.34. The van der Waals surface area contributed by atoms with Gasteiger partial charge in [-0.15, -0.1) is 0 Å². The first-order chi connectivity index (χ1) is 9.42. The number of carbonyl (C=O) groups excluding carboxylic acids is 1. The Morgan fingerprint density at radius 3 is 2.60 bits per heavy atom. The number of benzene rings is 1. The van der Waals surface area contributed by atoms with Gasteiger partial charge < -0.3 is 9.84 Å². The number of ether oxygens (including phenoxy) is 1. The summed E-state index contributed by atoms with van der Waals surface area (Å²) in [7, 11) is 0. The van der Waals surface area contributed by atoms with Crippen molar-refractivity contribution in [2.45, 2.75) is 25.0 Å². The summed E-state index contributed by atoms with van der Waals surface area (Å²) in [6.07, 6.45) is -1.72. The third-order valence-electron chi connectivity index (χ3n) is 3.07. The number of carbonyl (C=O) groups is 2. The van der Waals surface area contributed by atoms with E-state index in [9.17, 15) is 18.4 Å². The average molecular weight is 285 g/mol. The van der Waals surface area contributed by atoms with Crippen LogP contribution in [0.2, 0.25) is 0 Å². The van der Waals surface area contributed by atoms with Gasteiger partial charge in [-0.2, -0.15) is 0 Å². The molecule has 1 unspecified atom stereocenters. The minimum absolute atomic E-state index is 0.0892. The van der Waals surface area contributed by atoms with Gasteiger partial charge in [0.1, 0.15) is 6.61 Å². The van der Waals surface area contributed by atoms with Crippen LogP contribution in [0.4, 0.5) is 13.6 Å². The van der Waals surface area contributed by atoms with Gasteiger partial charge in [0.2, 0.25) is 0 Å². The molecule has 1 aliphatic heterocycles. The van der Waals surface area contributed by atoms with Gasteiger partial charge in [0.15, 0.2) is 6.04 Å². The molecule has 5 nitrogen and oxygen atoms in total. The van der Waals surface area contributed by atoms with E-state index in [1.54, 1.807) is 30.3 Å². The second kappa shape index (κ2) is 5.44. The monoisotopic (exact) mass is 285 g/mol. The summed E-state index contributed by atoms with van der Waals surface area (Å²) in [5, 5.41) is 8.82. The Kier molecular flexibility index (Phi) is 3.87. The highest BCUT2D eigenvalue weighted by molar-refractivity contribution is 5.82. The lowest BCUT2D eigenvalue weighted by Crippen LogP contribution is -2.48. The van der Waals surface area contributed by atoms with Crippen molar-refractivity contribution in [1.29, 1.82) is 0 Å². The zero-order valence-corrected chi connectivity index (χ0v) is 10.5. The fraction of sp³-hybridized carbons (Fsp3) is 0.385. The number of alkyl halides is 2. The van der Waals surface area contributed by atoms with Crippen molar-refractivity contribution in [1.82, 2.24) is 4.90 Å². The zero-order chi connectivity index (χ0) is 14.8. The number of carboxylic acids is 1. The number of hydrogen-bond donors (Lipinski definition) is 1. The molecule has 1 heterocycles. The molecule has 1 aromatic rings. The van der Waals surface area contributed by atoms with Crippen LogP contribution < -0.4 is 0 Å². The SMILES string of the molecule is O=C(O)C1N(C(=O)OCc2ccccc2)CCC1(F)F. The summed E-state index contributed by atoms with van der Waals surface area (Å²) < 4.78 is 31.7. The van der Waals surface area contributed by atoms with E-state index < -0.39 is 30.4 Å². The number of amides is 1. The van der Waals surface area contributed by atoms with E-state index >= 15 is 0 Å². The third-order valence-corrected chi connectivity index (χ3v) is 3.07. The fourth-order valence-electron chi connectivity index (χ4n) is 2.08. The summed E-state index contributed by atoms with van der Waals surface area (Å²) in [4.78, 5) is 23.2. The topological polar surface area (TPSA) is 66.8 Å². The van der Waals surface area contributed by atoms with E-state index in [-0.39, 0.29) is 13.2 Å². The van der Waals surface area contributed by atoms with E-state index in [1.807, 2.05) is 0 Å². The predicted octanol–water partition coefficient (Wildman–Crippen LogP) is 2.12. The molecule has 1 saturated heterocycles. The maximum Gasteiger partial charge on any atom is 0.411 e. The van der Waals surface area contributed by atoms with Gasteiger partial charge in [-0.25, -0.2) is 18.4 Å². The molecule has 108 valence electrons. The Morgan fingerprint density at radius 1 is 1.35 bits per heavy atom. The Bertz CT molecular complexity index is 506. The summed E-state index contributed by atoms with van der Waals surface area (Å²) in [6, 6.07) is 6.53. The molecular formula is C13H13F2NO4. The van der Waals surface area contributed by atoms with Crippen LogP contribution in [0.3, 0.4) is 0 Å². The first-order valence-corrected chi connectivity index (χ1v) is 6.00. The van der Waals surface area contributed by atoms with Gasteiger partial charge in [-0.05, 0) is 5.56 Å². The summed E-state index contributed by atoms with van der Waals surface area (Å²) in [6.45, 7) is -0.425. The maximum atomic E-state index is 13.4. The largest absolute Gasteiger partial charge is 0.480 e. The summed E-state index contributed by atoms with van der Waals surface area (Å²) in [5.74, 6) is -5.17. The van der Waals surface area contributed by atoms with Gasteiger partial charge in [0.25, 0.3) is 5.92 Å². The molecular weight excluding hydrogens is 272 g/mol. The molecule has 0 radical (unpaired) electrons. The standard InChI is InChI=1S/C13H13F2NO4/c14-13(15)6-7-16(10(13)11(17)18)12(19)20-8-9-4-2-1-3-5-9/h1-5,10H,6-8H2,(H,17,18). The smallest absolute Gasteiger partial charge is 0.411 e. The van der Waals surface area contributed by atoms with Crippen LogP contribution in [0.15, 0.2) is 30.3 Å². The van der Waals surface area contributed by atoms with Gasteiger partial charge in [-0.3, -0.25) is 4.90 Å². The highest BCUT2D eigenvalue weighted by atomic mass is 19.3. The van der Waals surface area contributed by atoms with E-state index in [2.05, 4.69) is 0 Å². The molecule has 0 bridgehead atoms. The zero-order valence-electron chi connectivity index (χ0n) is 10.5. The van der Waals surface area contributed by atoms with Crippen LogP contribution in [-0.2, 0) is 16.1 Å². The van der Waals surface area contributed by atoms with E-state index in [0.717, 1.165) is 0 Å². The van der Waals surface area contributed by atoms with Crippen LogP contribution >= 0.6 is 0 Å². The second-order valence-electron chi connectivity index (χ2n) is 4.49. The average Bonchev–Trinajstić information content (AvgIpc) is 2.73. The quantitative estimate of drug-likeness (QED) is 0.923. The minimum Gasteiger partial charge on any atom is -0.480 e. The molecule has 1 aliphatic rings. The van der Waals surface area contributed by atoms with E-state index in [4.69, 9.17) is 9.84 Å². The molecule has 1 atom stereocenters. The molecule has 2 rings (SSSR count). The van der Waals surface area contributed by atoms with Crippen molar-refractivity contribution in [3.8, 4) is 0 Å². The Labute approximate surface area is 113 Å². The van der Waals surface area contributed by atoms with Crippen LogP contribution in [0.25, 0.3) is 0 Å². The van der Waals surface area contributed by atoms with Crippen molar-refractivity contribution in [3.63, 3.8) is 0 Å². The van der Waals surface area contributed by atoms with Crippen molar-refractivity contribution >= 4 is 12.1 Å². The van der Waals surface area contributed by atoms with E-state index in [0.29, 0.717) is 10.5 Å². The van der Waals surface area contributed by atoms with Crippen LogP contribution in [0.5, 0.6) is 0 Å². The lowest BCUT2D eigenvalue weighted by atomic mass is 10.1. The molecule has 0 aromatic heterocycles. The molecule has 0 aliphatic carbocycles. The summed E-state index contributed by atoms with van der Waals surface area (Å²) in [5.41, 5.74) is 0.693. The fourth-order valence-corrected chi connectivity index (χ4v) is 2.08.